The van der Waals surface area contributed by atoms with Crippen molar-refractivity contribution in [2.24, 2.45) is 4.99 Å². The van der Waals surface area contributed by atoms with Crippen molar-refractivity contribution in [1.29, 1.82) is 0 Å². The zero-order valence-electron chi connectivity index (χ0n) is 16.1. The van der Waals surface area contributed by atoms with Gasteiger partial charge in [-0.3, -0.25) is 9.79 Å². The summed E-state index contributed by atoms with van der Waals surface area (Å²) in [6.07, 6.45) is 12.0. The molecule has 0 bridgehead atoms. The topological polar surface area (TPSA) is 65.5 Å². The highest BCUT2D eigenvalue weighted by atomic mass is 16.1. The Morgan fingerprint density at radius 3 is 2.73 bits per heavy atom. The largest absolute Gasteiger partial charge is 0.350 e. The first kappa shape index (κ1) is 19.8. The molecular formula is C21H30N4O. The summed E-state index contributed by atoms with van der Waals surface area (Å²) < 4.78 is 0. The number of aliphatic imine (C=N–C) groups is 1. The molecule has 0 atom stereocenters. The van der Waals surface area contributed by atoms with Gasteiger partial charge in [0.15, 0.2) is 0 Å². The van der Waals surface area contributed by atoms with Gasteiger partial charge in [-0.25, -0.2) is 0 Å². The summed E-state index contributed by atoms with van der Waals surface area (Å²) in [6.45, 7) is 9.64. The molecule has 2 rings (SSSR count). The Kier molecular flexibility index (Phi) is 7.49. The second-order valence-electron chi connectivity index (χ2n) is 6.66. The fourth-order valence-corrected chi connectivity index (χ4v) is 3.20. The number of hydrogen-bond donors (Lipinski definition) is 3. The van der Waals surface area contributed by atoms with Crippen LogP contribution in [0, 0.1) is 0 Å². The van der Waals surface area contributed by atoms with Crippen molar-refractivity contribution >= 4 is 11.7 Å². The second-order valence-corrected chi connectivity index (χ2v) is 6.66. The van der Waals surface area contributed by atoms with Crippen molar-refractivity contribution in [2.75, 3.05) is 0 Å². The molecule has 5 heteroatoms. The summed E-state index contributed by atoms with van der Waals surface area (Å²) in [5, 5.41) is 9.79. The van der Waals surface area contributed by atoms with Crippen molar-refractivity contribution < 1.29 is 4.79 Å². The van der Waals surface area contributed by atoms with Gasteiger partial charge in [0.05, 0.1) is 6.04 Å². The van der Waals surface area contributed by atoms with Crippen LogP contribution in [-0.4, -0.2) is 23.8 Å². The Hall–Kier alpha value is -2.52. The summed E-state index contributed by atoms with van der Waals surface area (Å²) in [5.74, 6) is 1.79. The molecule has 1 saturated carbocycles. The second kappa shape index (κ2) is 9.83. The SMILES string of the molecule is C=CC(=O)NC1CCC(N=C2C=C(C)N/C(=C(/C=C=CC)CC)N2)CC1. The van der Waals surface area contributed by atoms with Gasteiger partial charge >= 0.3 is 0 Å². The fourth-order valence-electron chi connectivity index (χ4n) is 3.20. The molecule has 1 aliphatic heterocycles. The lowest BCUT2D eigenvalue weighted by molar-refractivity contribution is -0.117. The number of nitrogens with zero attached hydrogens (tertiary/aromatic N) is 1. The van der Waals surface area contributed by atoms with Gasteiger partial charge in [-0.1, -0.05) is 13.5 Å². The Balaban J connectivity index is 2.05. The molecule has 0 aromatic carbocycles. The average Bonchev–Trinajstić information content (AvgIpc) is 2.63. The predicted molar refractivity (Wildman–Crippen MR) is 107 cm³/mol. The molecular weight excluding hydrogens is 324 g/mol. The van der Waals surface area contributed by atoms with E-state index < -0.39 is 0 Å². The lowest BCUT2D eigenvalue weighted by atomic mass is 9.91. The molecule has 1 heterocycles. The van der Waals surface area contributed by atoms with E-state index in [0.717, 1.165) is 49.5 Å². The van der Waals surface area contributed by atoms with E-state index in [4.69, 9.17) is 4.99 Å². The Morgan fingerprint density at radius 1 is 1.38 bits per heavy atom. The summed E-state index contributed by atoms with van der Waals surface area (Å²) >= 11 is 0. The maximum Gasteiger partial charge on any atom is 0.243 e. The third-order valence-electron chi connectivity index (χ3n) is 4.60. The van der Waals surface area contributed by atoms with Crippen molar-refractivity contribution in [3.63, 3.8) is 0 Å². The van der Waals surface area contributed by atoms with Crippen LogP contribution in [-0.2, 0) is 4.79 Å². The number of carbonyl (C=O) groups is 1. The van der Waals surface area contributed by atoms with Crippen molar-refractivity contribution in [1.82, 2.24) is 16.0 Å². The van der Waals surface area contributed by atoms with Crippen LogP contribution in [0.3, 0.4) is 0 Å². The van der Waals surface area contributed by atoms with E-state index in [2.05, 4.69) is 35.2 Å². The Morgan fingerprint density at radius 2 is 2.12 bits per heavy atom. The average molecular weight is 354 g/mol. The number of rotatable bonds is 5. The van der Waals surface area contributed by atoms with Crippen LogP contribution in [0.25, 0.3) is 0 Å². The first-order valence-corrected chi connectivity index (χ1v) is 9.39. The number of nitrogens with one attached hydrogen (secondary N) is 3. The zero-order valence-corrected chi connectivity index (χ0v) is 16.1. The normalized spacial score (nSPS) is 25.8. The minimum absolute atomic E-state index is 0.0885. The van der Waals surface area contributed by atoms with Gasteiger partial charge in [0, 0.05) is 17.3 Å². The molecule has 1 amide bonds. The molecule has 0 aromatic heterocycles. The van der Waals surface area contributed by atoms with Gasteiger partial charge < -0.3 is 16.0 Å². The van der Waals surface area contributed by atoms with E-state index in [1.807, 2.05) is 32.1 Å². The van der Waals surface area contributed by atoms with E-state index in [1.54, 1.807) is 0 Å². The summed E-state index contributed by atoms with van der Waals surface area (Å²) in [4.78, 5) is 16.3. The lowest BCUT2D eigenvalue weighted by Gasteiger charge is -2.28. The molecule has 0 spiro atoms. The van der Waals surface area contributed by atoms with E-state index in [-0.39, 0.29) is 18.0 Å². The summed E-state index contributed by atoms with van der Waals surface area (Å²) in [6, 6.07) is 0.525. The van der Waals surface area contributed by atoms with Gasteiger partial charge in [0.1, 0.15) is 11.7 Å². The smallest absolute Gasteiger partial charge is 0.243 e. The minimum atomic E-state index is -0.0885. The number of hydrogen-bond acceptors (Lipinski definition) is 3. The standard InChI is InChI=1S/C21H30N4O/c1-5-8-9-16(6-2)21-22-15(4)14-19(25-21)23-17-10-12-18(13-11-17)24-20(26)7-3/h5,7,9,14,17-18,22H,3,6,10-13H2,1-2,4H3,(H,23,25)(H,24,26)/b21-16-. The van der Waals surface area contributed by atoms with E-state index >= 15 is 0 Å². The summed E-state index contributed by atoms with van der Waals surface area (Å²) in [7, 11) is 0. The van der Waals surface area contributed by atoms with Crippen LogP contribution < -0.4 is 16.0 Å². The molecule has 1 fully saturated rings. The zero-order chi connectivity index (χ0) is 18.9. The summed E-state index contributed by atoms with van der Waals surface area (Å²) in [5.41, 5.74) is 5.38. The molecule has 1 aliphatic carbocycles. The van der Waals surface area contributed by atoms with Crippen molar-refractivity contribution in [3.05, 3.63) is 53.7 Å². The predicted octanol–water partition coefficient (Wildman–Crippen LogP) is 3.45. The van der Waals surface area contributed by atoms with Gasteiger partial charge in [-0.2, -0.15) is 0 Å². The van der Waals surface area contributed by atoms with Crippen LogP contribution in [0.5, 0.6) is 0 Å². The van der Waals surface area contributed by atoms with Gasteiger partial charge in [-0.05, 0) is 70.3 Å². The Labute approximate surface area is 156 Å². The number of carbonyl (C=O) groups excluding carboxylic acids is 1. The quantitative estimate of drug-likeness (QED) is 0.523. The van der Waals surface area contributed by atoms with Gasteiger partial charge in [-0.15, -0.1) is 5.73 Å². The molecule has 26 heavy (non-hydrogen) atoms. The van der Waals surface area contributed by atoms with Crippen LogP contribution in [0.15, 0.2) is 58.7 Å². The molecule has 0 radical (unpaired) electrons. The minimum Gasteiger partial charge on any atom is -0.350 e. The van der Waals surface area contributed by atoms with Gasteiger partial charge in [0.25, 0.3) is 0 Å². The van der Waals surface area contributed by atoms with E-state index in [1.165, 1.54) is 11.6 Å². The highest BCUT2D eigenvalue weighted by Gasteiger charge is 2.22. The first-order valence-electron chi connectivity index (χ1n) is 9.39. The highest BCUT2D eigenvalue weighted by molar-refractivity contribution is 5.96. The number of amidine groups is 1. The van der Waals surface area contributed by atoms with Crippen LogP contribution in [0.4, 0.5) is 0 Å². The Bertz CT molecular complexity index is 685. The third kappa shape index (κ3) is 5.78. The van der Waals surface area contributed by atoms with Crippen LogP contribution in [0.2, 0.25) is 0 Å². The lowest BCUT2D eigenvalue weighted by Crippen LogP contribution is -2.39. The van der Waals surface area contributed by atoms with Crippen molar-refractivity contribution in [2.45, 2.75) is 65.0 Å². The first-order chi connectivity index (χ1) is 12.5. The maximum atomic E-state index is 11.4. The molecule has 140 valence electrons. The van der Waals surface area contributed by atoms with Crippen LogP contribution >= 0.6 is 0 Å². The molecule has 0 saturated heterocycles. The molecule has 2 aliphatic rings. The van der Waals surface area contributed by atoms with Gasteiger partial charge in [0.2, 0.25) is 5.91 Å². The molecule has 0 aromatic rings. The third-order valence-corrected chi connectivity index (χ3v) is 4.60. The maximum absolute atomic E-state index is 11.4. The molecule has 3 N–H and O–H groups in total. The monoisotopic (exact) mass is 354 g/mol. The van der Waals surface area contributed by atoms with E-state index in [9.17, 15) is 4.79 Å². The fraction of sp³-hybridized carbons (Fsp3) is 0.476. The molecule has 0 unspecified atom stereocenters. The highest BCUT2D eigenvalue weighted by Crippen LogP contribution is 2.22. The number of amides is 1. The van der Waals surface area contributed by atoms with Crippen LogP contribution in [0.1, 0.15) is 52.9 Å². The molecule has 5 nitrogen and oxygen atoms in total. The number of allylic oxidation sites excluding steroid dienone is 3. The van der Waals surface area contributed by atoms with E-state index in [0.29, 0.717) is 0 Å². The van der Waals surface area contributed by atoms with Crippen molar-refractivity contribution in [3.8, 4) is 0 Å².